The molecule has 1 aromatic heterocycles. The molecule has 94 valence electrons. The molecule has 1 amide bonds. The minimum atomic E-state index is -3.63. The molecular formula is C7H11N5O3S2. The summed E-state index contributed by atoms with van der Waals surface area (Å²) in [7, 11) is -3.63. The molecule has 1 aliphatic heterocycles. The molecule has 1 saturated heterocycles. The van der Waals surface area contributed by atoms with Gasteiger partial charge in [-0.25, -0.2) is 13.1 Å². The molecule has 0 radical (unpaired) electrons. The van der Waals surface area contributed by atoms with E-state index in [0.717, 1.165) is 11.3 Å². The molecule has 0 saturated carbocycles. The van der Waals surface area contributed by atoms with Gasteiger partial charge in [-0.05, 0) is 0 Å². The van der Waals surface area contributed by atoms with Gasteiger partial charge in [-0.2, -0.15) is 0 Å². The maximum absolute atomic E-state index is 11.8. The number of carbonyl (C=O) groups excluding carboxylic acids is 1. The van der Waals surface area contributed by atoms with Gasteiger partial charge in [-0.1, -0.05) is 11.3 Å². The molecule has 0 bridgehead atoms. The average molecular weight is 277 g/mol. The Morgan fingerprint density at radius 1 is 1.47 bits per heavy atom. The first-order valence-corrected chi connectivity index (χ1v) is 7.11. The first-order valence-electron chi connectivity index (χ1n) is 4.81. The van der Waals surface area contributed by atoms with E-state index >= 15 is 0 Å². The maximum atomic E-state index is 11.8. The molecule has 0 atom stereocenters. The van der Waals surface area contributed by atoms with E-state index in [1.807, 2.05) is 0 Å². The number of hydrogen-bond donors (Lipinski definition) is 3. The first-order chi connectivity index (χ1) is 7.97. The van der Waals surface area contributed by atoms with Crippen molar-refractivity contribution >= 4 is 32.4 Å². The van der Waals surface area contributed by atoms with Crippen LogP contribution in [0.5, 0.6) is 0 Å². The topological polar surface area (TPSA) is 113 Å². The largest absolute Gasteiger partial charge is 0.313 e. The molecule has 8 nitrogen and oxygen atoms in total. The Morgan fingerprint density at radius 3 is 2.71 bits per heavy atom. The smallest absolute Gasteiger partial charge is 0.270 e. The number of rotatable bonds is 4. The summed E-state index contributed by atoms with van der Waals surface area (Å²) in [5.74, 6) is -0.318. The molecule has 0 unspecified atom stereocenters. The Kier molecular flexibility index (Phi) is 3.38. The predicted molar refractivity (Wildman–Crippen MR) is 61.2 cm³/mol. The van der Waals surface area contributed by atoms with Gasteiger partial charge in [0.05, 0.1) is 0 Å². The van der Waals surface area contributed by atoms with E-state index in [0.29, 0.717) is 13.1 Å². The number of nitrogens with one attached hydrogen (secondary N) is 3. The third-order valence-electron chi connectivity index (χ3n) is 2.02. The quantitative estimate of drug-likeness (QED) is 0.592. The Balaban J connectivity index is 2.09. The van der Waals surface area contributed by atoms with Crippen molar-refractivity contribution in [1.29, 1.82) is 0 Å². The number of nitrogens with zero attached hydrogens (tertiary/aromatic N) is 2. The summed E-state index contributed by atoms with van der Waals surface area (Å²) in [5, 5.41) is 12.6. The zero-order valence-corrected chi connectivity index (χ0v) is 10.6. The highest BCUT2D eigenvalue weighted by Gasteiger charge is 2.27. The highest BCUT2D eigenvalue weighted by Crippen LogP contribution is 2.19. The van der Waals surface area contributed by atoms with Gasteiger partial charge in [0.15, 0.2) is 0 Å². The van der Waals surface area contributed by atoms with E-state index in [-0.39, 0.29) is 21.4 Å². The zero-order valence-electron chi connectivity index (χ0n) is 8.93. The van der Waals surface area contributed by atoms with Crippen LogP contribution in [0.15, 0.2) is 4.34 Å². The number of amides is 1. The predicted octanol–water partition coefficient (Wildman–Crippen LogP) is -1.25. The number of hydrogen-bond acceptors (Lipinski definition) is 7. The summed E-state index contributed by atoms with van der Waals surface area (Å²) in [4.78, 5) is 10.8. The summed E-state index contributed by atoms with van der Waals surface area (Å²) in [5.41, 5.74) is 0. The maximum Gasteiger partial charge on any atom is 0.270 e. The number of anilines is 1. The lowest BCUT2D eigenvalue weighted by Crippen LogP contribution is -2.56. The Labute approximate surface area is 102 Å². The first kappa shape index (κ1) is 12.4. The van der Waals surface area contributed by atoms with Gasteiger partial charge < -0.3 is 10.6 Å². The molecule has 1 aromatic rings. The molecule has 0 spiro atoms. The summed E-state index contributed by atoms with van der Waals surface area (Å²) in [6, 6.07) is -0.104. The fourth-order valence-electron chi connectivity index (χ4n) is 1.16. The van der Waals surface area contributed by atoms with Crippen LogP contribution in [0.25, 0.3) is 0 Å². The molecule has 2 rings (SSSR count). The lowest BCUT2D eigenvalue weighted by Gasteiger charge is -2.26. The minimum Gasteiger partial charge on any atom is -0.313 e. The Morgan fingerprint density at radius 2 is 2.18 bits per heavy atom. The van der Waals surface area contributed by atoms with E-state index in [1.54, 1.807) is 0 Å². The van der Waals surface area contributed by atoms with Crippen molar-refractivity contribution in [2.45, 2.75) is 17.3 Å². The van der Waals surface area contributed by atoms with E-state index in [4.69, 9.17) is 0 Å². The molecular weight excluding hydrogens is 266 g/mol. The Bertz CT molecular complexity index is 521. The van der Waals surface area contributed by atoms with Crippen molar-refractivity contribution < 1.29 is 13.2 Å². The van der Waals surface area contributed by atoms with Crippen molar-refractivity contribution in [3.8, 4) is 0 Å². The van der Waals surface area contributed by atoms with Crippen molar-refractivity contribution in [1.82, 2.24) is 20.2 Å². The molecule has 2 heterocycles. The van der Waals surface area contributed by atoms with Crippen molar-refractivity contribution in [3.63, 3.8) is 0 Å². The average Bonchev–Trinajstić information content (AvgIpc) is 2.60. The number of aromatic nitrogens is 2. The second-order valence-electron chi connectivity index (χ2n) is 3.53. The zero-order chi connectivity index (χ0) is 12.5. The van der Waals surface area contributed by atoms with Crippen LogP contribution < -0.4 is 15.4 Å². The lowest BCUT2D eigenvalue weighted by atomic mass is 10.2. The molecule has 17 heavy (non-hydrogen) atoms. The SMILES string of the molecule is CC(=O)Nc1nnc(S(=O)(=O)NC2CNC2)s1. The van der Waals surface area contributed by atoms with Crippen molar-refractivity contribution in [3.05, 3.63) is 0 Å². The van der Waals surface area contributed by atoms with Crippen molar-refractivity contribution in [2.75, 3.05) is 18.4 Å². The molecule has 0 aromatic carbocycles. The van der Waals surface area contributed by atoms with Crippen LogP contribution >= 0.6 is 11.3 Å². The molecule has 1 fully saturated rings. The standard InChI is InChI=1S/C7H11N5O3S2/c1-4(13)9-6-10-11-7(16-6)17(14,15)12-5-2-8-3-5/h5,8,12H,2-3H2,1H3,(H,9,10,13). The van der Waals surface area contributed by atoms with Crippen LogP contribution in [-0.2, 0) is 14.8 Å². The van der Waals surface area contributed by atoms with Gasteiger partial charge in [0.25, 0.3) is 10.0 Å². The molecule has 3 N–H and O–H groups in total. The summed E-state index contributed by atoms with van der Waals surface area (Å²) in [6.07, 6.45) is 0. The van der Waals surface area contributed by atoms with Crippen molar-refractivity contribution in [2.24, 2.45) is 0 Å². The van der Waals surface area contributed by atoms with Crippen LogP contribution in [0.1, 0.15) is 6.92 Å². The van der Waals surface area contributed by atoms with Gasteiger partial charge in [0, 0.05) is 26.1 Å². The molecule has 1 aliphatic rings. The van der Waals surface area contributed by atoms with Crippen LogP contribution in [0, 0.1) is 0 Å². The third kappa shape index (κ3) is 2.97. The Hall–Kier alpha value is -1.10. The number of sulfonamides is 1. The normalized spacial score (nSPS) is 16.5. The fourth-order valence-corrected chi connectivity index (χ4v) is 3.36. The highest BCUT2D eigenvalue weighted by molar-refractivity contribution is 7.91. The van der Waals surface area contributed by atoms with E-state index in [1.165, 1.54) is 6.92 Å². The van der Waals surface area contributed by atoms with Crippen LogP contribution in [0.3, 0.4) is 0 Å². The van der Waals surface area contributed by atoms with E-state index in [2.05, 4.69) is 25.6 Å². The van der Waals surface area contributed by atoms with E-state index < -0.39 is 10.0 Å². The van der Waals surface area contributed by atoms with E-state index in [9.17, 15) is 13.2 Å². The van der Waals surface area contributed by atoms with Gasteiger partial charge >= 0.3 is 0 Å². The second kappa shape index (κ2) is 4.64. The molecule has 10 heteroatoms. The van der Waals surface area contributed by atoms with Crippen LogP contribution in [0.4, 0.5) is 5.13 Å². The van der Waals surface area contributed by atoms with Gasteiger partial charge in [-0.15, -0.1) is 10.2 Å². The summed E-state index contributed by atoms with van der Waals surface area (Å²) in [6.45, 7) is 2.53. The second-order valence-corrected chi connectivity index (χ2v) is 6.40. The van der Waals surface area contributed by atoms with Gasteiger partial charge in [-0.3, -0.25) is 4.79 Å². The van der Waals surface area contributed by atoms with Crippen LogP contribution in [0.2, 0.25) is 0 Å². The van der Waals surface area contributed by atoms with Gasteiger partial charge in [0.1, 0.15) is 0 Å². The minimum absolute atomic E-state index is 0.104. The summed E-state index contributed by atoms with van der Waals surface area (Å²) < 4.78 is 25.9. The fraction of sp³-hybridized carbons (Fsp3) is 0.571. The lowest BCUT2D eigenvalue weighted by molar-refractivity contribution is -0.114. The van der Waals surface area contributed by atoms with Crippen LogP contribution in [-0.4, -0.2) is 43.7 Å². The molecule has 0 aliphatic carbocycles. The monoisotopic (exact) mass is 277 g/mol. The third-order valence-corrected chi connectivity index (χ3v) is 4.75. The highest BCUT2D eigenvalue weighted by atomic mass is 32.2. The van der Waals surface area contributed by atoms with Gasteiger partial charge in [0.2, 0.25) is 15.4 Å². The summed E-state index contributed by atoms with van der Waals surface area (Å²) >= 11 is 0.820. The number of carbonyl (C=O) groups is 1.